The van der Waals surface area contributed by atoms with E-state index in [0.717, 1.165) is 5.56 Å². The molecule has 1 heterocycles. The van der Waals surface area contributed by atoms with Crippen molar-refractivity contribution in [3.63, 3.8) is 0 Å². The Morgan fingerprint density at radius 2 is 1.77 bits per heavy atom. The molecule has 3 aromatic carbocycles. The molecule has 148 valence electrons. The van der Waals surface area contributed by atoms with E-state index >= 15 is 0 Å². The number of hydrogen-bond donors (Lipinski definition) is 2. The molecule has 0 aliphatic carbocycles. The smallest absolute Gasteiger partial charge is 0.339 e. The van der Waals surface area contributed by atoms with E-state index in [2.05, 4.69) is 11.8 Å². The van der Waals surface area contributed by atoms with E-state index < -0.39 is 12.8 Å². The Hall–Kier alpha value is -4.24. The second-order valence-corrected chi connectivity index (χ2v) is 6.37. The lowest BCUT2D eigenvalue weighted by Gasteiger charge is -2.00. The lowest BCUT2D eigenvalue weighted by Crippen LogP contribution is -1.96. The zero-order chi connectivity index (χ0) is 21.1. The van der Waals surface area contributed by atoms with Crippen molar-refractivity contribution in [3.8, 4) is 34.7 Å². The molecule has 0 unspecified atom stereocenters. The number of hydrogen-bond acceptors (Lipinski definition) is 4. The molecule has 5 nitrogen and oxygen atoms in total. The van der Waals surface area contributed by atoms with Crippen LogP contribution in [0, 0.1) is 11.8 Å². The number of phenols is 1. The van der Waals surface area contributed by atoms with Crippen LogP contribution in [0.1, 0.15) is 21.5 Å². The Morgan fingerprint density at radius 1 is 1.03 bits per heavy atom. The molecule has 0 aliphatic heterocycles. The molecule has 2 N–H and O–H groups in total. The SMILES string of the molecule is O=C(O)c1cc2c(C#Cc3ccc(OCF)cc3)c(-c3ccccc3)oc2cc1O. The van der Waals surface area contributed by atoms with E-state index in [1.54, 1.807) is 24.3 Å². The van der Waals surface area contributed by atoms with E-state index in [0.29, 0.717) is 33.6 Å². The van der Waals surface area contributed by atoms with Crippen molar-refractivity contribution in [1.29, 1.82) is 0 Å². The summed E-state index contributed by atoms with van der Waals surface area (Å²) in [5, 5.41) is 19.8. The third-order valence-electron chi connectivity index (χ3n) is 4.48. The zero-order valence-corrected chi connectivity index (χ0v) is 15.6. The van der Waals surface area contributed by atoms with Gasteiger partial charge in [-0.2, -0.15) is 0 Å². The number of alkyl halides is 1. The van der Waals surface area contributed by atoms with Crippen molar-refractivity contribution < 1.29 is 28.6 Å². The van der Waals surface area contributed by atoms with Gasteiger partial charge >= 0.3 is 5.97 Å². The number of benzene rings is 3. The van der Waals surface area contributed by atoms with Crippen molar-refractivity contribution in [2.75, 3.05) is 6.86 Å². The number of rotatable bonds is 4. The topological polar surface area (TPSA) is 79.9 Å². The quantitative estimate of drug-likeness (QED) is 0.458. The first kappa shape index (κ1) is 19.1. The van der Waals surface area contributed by atoms with Crippen LogP contribution >= 0.6 is 0 Å². The lowest BCUT2D eigenvalue weighted by molar-refractivity contribution is 0.0694. The van der Waals surface area contributed by atoms with Gasteiger partial charge in [-0.15, -0.1) is 0 Å². The van der Waals surface area contributed by atoms with Gasteiger partial charge in [0.25, 0.3) is 0 Å². The molecule has 0 radical (unpaired) electrons. The van der Waals surface area contributed by atoms with Crippen molar-refractivity contribution in [2.24, 2.45) is 0 Å². The monoisotopic (exact) mass is 402 g/mol. The fourth-order valence-electron chi connectivity index (χ4n) is 3.05. The van der Waals surface area contributed by atoms with E-state index in [1.807, 2.05) is 30.3 Å². The van der Waals surface area contributed by atoms with Crippen LogP contribution in [0.15, 0.2) is 71.1 Å². The molecule has 6 heteroatoms. The first-order valence-electron chi connectivity index (χ1n) is 8.96. The minimum absolute atomic E-state index is 0.237. The number of carboxylic acids is 1. The number of aromatic hydroxyl groups is 1. The van der Waals surface area contributed by atoms with Gasteiger partial charge < -0.3 is 19.4 Å². The average Bonchev–Trinajstić information content (AvgIpc) is 3.10. The maximum Gasteiger partial charge on any atom is 0.339 e. The minimum atomic E-state index is -1.25. The molecule has 4 aromatic rings. The standard InChI is InChI=1S/C24H15FO5/c25-14-29-17-9-6-15(7-10-17)8-11-18-19-12-20(24(27)28)21(26)13-22(19)30-23(18)16-4-2-1-3-5-16/h1-7,9-10,12-13,26H,14H2,(H,27,28). The summed E-state index contributed by atoms with van der Waals surface area (Å²) >= 11 is 0. The van der Waals surface area contributed by atoms with Gasteiger partial charge in [-0.3, -0.25) is 0 Å². The number of ether oxygens (including phenoxy) is 1. The third kappa shape index (κ3) is 3.69. The summed E-state index contributed by atoms with van der Waals surface area (Å²) in [6.07, 6.45) is 0. The Morgan fingerprint density at radius 3 is 2.43 bits per heavy atom. The highest BCUT2D eigenvalue weighted by Gasteiger charge is 2.19. The van der Waals surface area contributed by atoms with Crippen molar-refractivity contribution in [3.05, 3.63) is 83.4 Å². The average molecular weight is 402 g/mol. The van der Waals surface area contributed by atoms with Gasteiger partial charge in [0.2, 0.25) is 6.86 Å². The highest BCUT2D eigenvalue weighted by Crippen LogP contribution is 2.36. The van der Waals surface area contributed by atoms with Crippen LogP contribution in [0.5, 0.6) is 11.5 Å². The molecule has 0 amide bonds. The van der Waals surface area contributed by atoms with E-state index in [4.69, 9.17) is 9.15 Å². The molecule has 0 spiro atoms. The Kier molecular flexibility index (Phi) is 5.10. The van der Waals surface area contributed by atoms with Crippen LogP contribution in [0.4, 0.5) is 4.39 Å². The Balaban J connectivity index is 1.88. The van der Waals surface area contributed by atoms with Gasteiger partial charge in [-0.1, -0.05) is 42.2 Å². The van der Waals surface area contributed by atoms with E-state index in [-0.39, 0.29) is 11.3 Å². The number of halogens is 1. The predicted molar refractivity (Wildman–Crippen MR) is 109 cm³/mol. The predicted octanol–water partition coefficient (Wildman–Crippen LogP) is 5.21. The summed E-state index contributed by atoms with van der Waals surface area (Å²) in [5.74, 6) is 5.30. The number of carboxylic acid groups (broad SMARTS) is 1. The first-order valence-corrected chi connectivity index (χ1v) is 8.96. The van der Waals surface area contributed by atoms with Crippen LogP contribution in [-0.4, -0.2) is 23.0 Å². The maximum atomic E-state index is 12.3. The third-order valence-corrected chi connectivity index (χ3v) is 4.48. The molecule has 0 saturated carbocycles. The molecule has 4 rings (SSSR count). The van der Waals surface area contributed by atoms with Gasteiger partial charge in [0.05, 0.1) is 5.56 Å². The molecule has 0 saturated heterocycles. The van der Waals surface area contributed by atoms with Crippen LogP contribution in [-0.2, 0) is 0 Å². The van der Waals surface area contributed by atoms with Crippen LogP contribution in [0.3, 0.4) is 0 Å². The van der Waals surface area contributed by atoms with Gasteiger partial charge in [0.15, 0.2) is 5.76 Å². The number of furan rings is 1. The van der Waals surface area contributed by atoms with Gasteiger partial charge in [0, 0.05) is 22.6 Å². The van der Waals surface area contributed by atoms with Crippen LogP contribution < -0.4 is 4.74 Å². The van der Waals surface area contributed by atoms with Gasteiger partial charge in [-0.25, -0.2) is 9.18 Å². The second-order valence-electron chi connectivity index (χ2n) is 6.37. The van der Waals surface area contributed by atoms with Crippen molar-refractivity contribution in [1.82, 2.24) is 0 Å². The summed E-state index contributed by atoms with van der Waals surface area (Å²) in [5.41, 5.74) is 2.02. The van der Waals surface area contributed by atoms with Gasteiger partial charge in [-0.05, 0) is 30.3 Å². The van der Waals surface area contributed by atoms with E-state index in [9.17, 15) is 19.4 Å². The van der Waals surface area contributed by atoms with Crippen LogP contribution in [0.25, 0.3) is 22.3 Å². The number of carbonyl (C=O) groups is 1. The van der Waals surface area contributed by atoms with Crippen molar-refractivity contribution >= 4 is 16.9 Å². The molecule has 1 aromatic heterocycles. The van der Waals surface area contributed by atoms with Gasteiger partial charge in [0.1, 0.15) is 22.6 Å². The van der Waals surface area contributed by atoms with Crippen molar-refractivity contribution in [2.45, 2.75) is 0 Å². The molecule has 0 bridgehead atoms. The summed E-state index contributed by atoms with van der Waals surface area (Å²) < 4.78 is 23.0. The normalized spacial score (nSPS) is 10.4. The Labute approximate surface area is 171 Å². The highest BCUT2D eigenvalue weighted by molar-refractivity contribution is 6.00. The largest absolute Gasteiger partial charge is 0.507 e. The number of fused-ring (bicyclic) bond motifs is 1. The highest BCUT2D eigenvalue weighted by atomic mass is 19.1. The Bertz CT molecular complexity index is 1280. The minimum Gasteiger partial charge on any atom is -0.507 e. The summed E-state index contributed by atoms with van der Waals surface area (Å²) in [7, 11) is 0. The molecular formula is C24H15FO5. The molecule has 0 atom stereocenters. The summed E-state index contributed by atoms with van der Waals surface area (Å²) in [4.78, 5) is 11.5. The fourth-order valence-corrected chi connectivity index (χ4v) is 3.05. The van der Waals surface area contributed by atoms with Crippen LogP contribution in [0.2, 0.25) is 0 Å². The zero-order valence-electron chi connectivity index (χ0n) is 15.6. The summed E-state index contributed by atoms with van der Waals surface area (Å²) in [6, 6.07) is 18.5. The first-order chi connectivity index (χ1) is 14.6. The lowest BCUT2D eigenvalue weighted by atomic mass is 10.0. The fraction of sp³-hybridized carbons (Fsp3) is 0.0417. The summed E-state index contributed by atoms with van der Waals surface area (Å²) in [6.45, 7) is -0.911. The van der Waals surface area contributed by atoms with E-state index in [1.165, 1.54) is 12.1 Å². The molecule has 0 aliphatic rings. The molecule has 0 fully saturated rings. The second kappa shape index (κ2) is 8.02. The number of aromatic carboxylic acids is 1. The molecular weight excluding hydrogens is 387 g/mol. The molecule has 30 heavy (non-hydrogen) atoms. The maximum absolute atomic E-state index is 12.3.